The normalized spacial score (nSPS) is 42.5. The number of nitro groups is 1. The van der Waals surface area contributed by atoms with E-state index in [0.29, 0.717) is 18.4 Å². The molecule has 0 saturated heterocycles. The number of hydrogen-bond donors (Lipinski definition) is 3. The van der Waals surface area contributed by atoms with E-state index in [-0.39, 0.29) is 45.1 Å². The SMILES string of the molecule is Cc1c(O)c(O)cc2c1C(C[N+](=O)[O-])C=C1[C@@]2(C)CC[C@@]2(C)[C@@H]3C[C@](C)(C(=O)O)CC[C@]3(C)CC[C@]12C. The number of allylic oxidation sites excluding steroid dienone is 1. The second kappa shape index (κ2) is 7.73. The molecule has 4 aliphatic carbocycles. The standard InChI is InChI=1S/C30H41NO6/c1-17-23-18(16-31(36)37)13-21-28(4,19(23)14-20(32)24(17)33)10-12-30(6)22-15-27(3,25(34)35)8-7-26(22,2)9-11-29(21,30)5/h13-14,18,22,32-33H,7-12,15-16H2,1-6H3,(H,34,35)/t18?,22-,26-,27-,28+,29-,30+/m1/s1. The van der Waals surface area contributed by atoms with Crippen molar-refractivity contribution < 1.29 is 25.0 Å². The molecular formula is C30H41NO6. The van der Waals surface area contributed by atoms with Crippen LogP contribution in [0.5, 0.6) is 11.5 Å². The summed E-state index contributed by atoms with van der Waals surface area (Å²) in [5, 5.41) is 43.1. The Labute approximate surface area is 219 Å². The second-order valence-corrected chi connectivity index (χ2v) is 13.9. The monoisotopic (exact) mass is 511 g/mol. The van der Waals surface area contributed by atoms with Crippen LogP contribution < -0.4 is 0 Å². The van der Waals surface area contributed by atoms with Gasteiger partial charge in [-0.25, -0.2) is 0 Å². The maximum atomic E-state index is 12.3. The zero-order chi connectivity index (χ0) is 27.3. The Morgan fingerprint density at radius 1 is 1.05 bits per heavy atom. The van der Waals surface area contributed by atoms with Gasteiger partial charge >= 0.3 is 5.97 Å². The molecule has 1 aromatic carbocycles. The molecule has 1 aromatic rings. The largest absolute Gasteiger partial charge is 0.504 e. The van der Waals surface area contributed by atoms with Crippen LogP contribution in [0.2, 0.25) is 0 Å². The number of hydrogen-bond acceptors (Lipinski definition) is 5. The summed E-state index contributed by atoms with van der Waals surface area (Å²) in [6.07, 6.45) is 8.04. The molecule has 5 rings (SSSR count). The second-order valence-electron chi connectivity index (χ2n) is 13.9. The zero-order valence-corrected chi connectivity index (χ0v) is 23.0. The minimum Gasteiger partial charge on any atom is -0.504 e. The van der Waals surface area contributed by atoms with E-state index in [0.717, 1.165) is 43.2 Å². The van der Waals surface area contributed by atoms with E-state index in [1.165, 1.54) is 5.57 Å². The number of phenols is 2. The topological polar surface area (TPSA) is 121 Å². The number of rotatable bonds is 3. The fraction of sp³-hybridized carbons (Fsp3) is 0.700. The molecule has 7 atom stereocenters. The van der Waals surface area contributed by atoms with Gasteiger partial charge in [-0.05, 0) is 104 Å². The maximum Gasteiger partial charge on any atom is 0.309 e. The summed E-state index contributed by atoms with van der Waals surface area (Å²) in [6.45, 7) is 12.6. The summed E-state index contributed by atoms with van der Waals surface area (Å²) in [7, 11) is 0. The highest BCUT2D eigenvalue weighted by molar-refractivity contribution is 5.74. The average Bonchev–Trinajstić information content (AvgIpc) is 2.81. The predicted molar refractivity (Wildman–Crippen MR) is 140 cm³/mol. The van der Waals surface area contributed by atoms with Crippen LogP contribution in [0.4, 0.5) is 0 Å². The molecule has 7 heteroatoms. The van der Waals surface area contributed by atoms with Crippen molar-refractivity contribution >= 4 is 5.97 Å². The van der Waals surface area contributed by atoms with Gasteiger partial charge in [-0.1, -0.05) is 39.3 Å². The molecular weight excluding hydrogens is 470 g/mol. The van der Waals surface area contributed by atoms with Crippen molar-refractivity contribution in [2.45, 2.75) is 97.8 Å². The Morgan fingerprint density at radius 3 is 2.32 bits per heavy atom. The predicted octanol–water partition coefficient (Wildman–Crippen LogP) is 6.46. The molecule has 0 amide bonds. The molecule has 37 heavy (non-hydrogen) atoms. The van der Waals surface area contributed by atoms with E-state index >= 15 is 0 Å². The van der Waals surface area contributed by atoms with Crippen molar-refractivity contribution in [1.29, 1.82) is 0 Å². The maximum absolute atomic E-state index is 12.3. The van der Waals surface area contributed by atoms with Crippen molar-refractivity contribution in [3.63, 3.8) is 0 Å². The highest BCUT2D eigenvalue weighted by Gasteiger charge is 2.67. The van der Waals surface area contributed by atoms with Gasteiger partial charge in [0.15, 0.2) is 11.5 Å². The van der Waals surface area contributed by atoms with E-state index < -0.39 is 22.7 Å². The molecule has 3 saturated carbocycles. The highest BCUT2D eigenvalue weighted by Crippen LogP contribution is 2.75. The molecule has 202 valence electrons. The van der Waals surface area contributed by atoms with Gasteiger partial charge in [0.25, 0.3) is 0 Å². The van der Waals surface area contributed by atoms with Gasteiger partial charge in [0, 0.05) is 10.3 Å². The number of carbonyl (C=O) groups is 1. The van der Waals surface area contributed by atoms with Crippen LogP contribution in [0.25, 0.3) is 0 Å². The minimum absolute atomic E-state index is 0.0744. The summed E-state index contributed by atoms with van der Waals surface area (Å²) < 4.78 is 0. The summed E-state index contributed by atoms with van der Waals surface area (Å²) in [6, 6.07) is 1.64. The Hall–Kier alpha value is -2.57. The number of carboxylic acids is 1. The molecule has 7 nitrogen and oxygen atoms in total. The Kier molecular flexibility index (Phi) is 5.44. The van der Waals surface area contributed by atoms with Gasteiger partial charge < -0.3 is 15.3 Å². The van der Waals surface area contributed by atoms with Crippen LogP contribution in [0.15, 0.2) is 17.7 Å². The average molecular weight is 512 g/mol. The summed E-state index contributed by atoms with van der Waals surface area (Å²) in [5.74, 6) is -1.37. The third kappa shape index (κ3) is 3.27. The van der Waals surface area contributed by atoms with Gasteiger partial charge in [-0.3, -0.25) is 14.9 Å². The lowest BCUT2D eigenvalue weighted by molar-refractivity contribution is -0.481. The fourth-order valence-electron chi connectivity index (χ4n) is 9.35. The quantitative estimate of drug-likeness (QED) is 0.185. The van der Waals surface area contributed by atoms with Gasteiger partial charge in [0.05, 0.1) is 11.3 Å². The molecule has 0 heterocycles. The first kappa shape index (κ1) is 26.1. The molecule has 3 fully saturated rings. The lowest BCUT2D eigenvalue weighted by Crippen LogP contribution is -2.62. The first-order chi connectivity index (χ1) is 17.0. The van der Waals surface area contributed by atoms with Crippen LogP contribution in [-0.2, 0) is 10.2 Å². The van der Waals surface area contributed by atoms with E-state index in [1.54, 1.807) is 13.0 Å². The summed E-state index contributed by atoms with van der Waals surface area (Å²) in [5.41, 5.74) is 1.84. The van der Waals surface area contributed by atoms with Gasteiger partial charge in [0.2, 0.25) is 6.54 Å². The number of phenolic OH excluding ortho intramolecular Hbond substituents is 2. The number of carboxylic acid groups (broad SMARTS) is 1. The third-order valence-electron chi connectivity index (χ3n) is 12.1. The first-order valence-electron chi connectivity index (χ1n) is 13.7. The number of aliphatic carboxylic acids is 1. The van der Waals surface area contributed by atoms with Gasteiger partial charge in [-0.15, -0.1) is 0 Å². The van der Waals surface area contributed by atoms with Crippen LogP contribution in [0.1, 0.15) is 102 Å². The lowest BCUT2D eigenvalue weighted by Gasteiger charge is -2.70. The first-order valence-corrected chi connectivity index (χ1v) is 13.7. The van der Waals surface area contributed by atoms with Crippen molar-refractivity contribution in [2.75, 3.05) is 6.54 Å². The molecule has 0 radical (unpaired) electrons. The van der Waals surface area contributed by atoms with Crippen molar-refractivity contribution in [3.8, 4) is 11.5 Å². The molecule has 4 aliphatic rings. The number of aromatic hydroxyl groups is 2. The van der Waals surface area contributed by atoms with Crippen molar-refractivity contribution in [2.24, 2.45) is 27.6 Å². The smallest absolute Gasteiger partial charge is 0.309 e. The fourth-order valence-corrected chi connectivity index (χ4v) is 9.35. The van der Waals surface area contributed by atoms with E-state index in [1.807, 2.05) is 6.92 Å². The minimum atomic E-state index is -0.742. The summed E-state index contributed by atoms with van der Waals surface area (Å²) >= 11 is 0. The number of fused-ring (bicyclic) bond motifs is 7. The molecule has 0 spiro atoms. The van der Waals surface area contributed by atoms with E-state index in [4.69, 9.17) is 0 Å². The zero-order valence-electron chi connectivity index (χ0n) is 23.0. The number of benzene rings is 1. The Morgan fingerprint density at radius 2 is 1.70 bits per heavy atom. The molecule has 0 aromatic heterocycles. The molecule has 3 N–H and O–H groups in total. The van der Waals surface area contributed by atoms with Crippen LogP contribution in [0.3, 0.4) is 0 Å². The van der Waals surface area contributed by atoms with Crippen LogP contribution >= 0.6 is 0 Å². The van der Waals surface area contributed by atoms with Gasteiger partial charge in [-0.2, -0.15) is 0 Å². The molecule has 1 unspecified atom stereocenters. The Balaban J connectivity index is 1.70. The highest BCUT2D eigenvalue weighted by atomic mass is 16.6. The van der Waals surface area contributed by atoms with Gasteiger partial charge in [0.1, 0.15) is 0 Å². The van der Waals surface area contributed by atoms with E-state index in [9.17, 15) is 30.2 Å². The van der Waals surface area contributed by atoms with Crippen LogP contribution in [0, 0.1) is 44.6 Å². The molecule has 0 bridgehead atoms. The van der Waals surface area contributed by atoms with Crippen molar-refractivity contribution in [1.82, 2.24) is 0 Å². The molecule has 0 aliphatic heterocycles. The Bertz CT molecular complexity index is 1240. The van der Waals surface area contributed by atoms with Crippen LogP contribution in [-0.4, -0.2) is 32.8 Å². The lowest BCUT2D eigenvalue weighted by atomic mass is 9.34. The number of nitrogens with zero attached hydrogens (tertiary/aromatic N) is 1. The third-order valence-corrected chi connectivity index (χ3v) is 12.1. The summed E-state index contributed by atoms with van der Waals surface area (Å²) in [4.78, 5) is 23.8. The van der Waals surface area contributed by atoms with Crippen molar-refractivity contribution in [3.05, 3.63) is 44.5 Å². The van der Waals surface area contributed by atoms with E-state index in [2.05, 4.69) is 33.8 Å².